The third-order valence-electron chi connectivity index (χ3n) is 7.19. The zero-order chi connectivity index (χ0) is 24.8. The van der Waals surface area contributed by atoms with Gasteiger partial charge in [0.25, 0.3) is 5.91 Å². The van der Waals surface area contributed by atoms with Gasteiger partial charge in [-0.1, -0.05) is 18.2 Å². The normalized spacial score (nSPS) is 19.3. The smallest absolute Gasteiger partial charge is 0.372 e. The Morgan fingerprint density at radius 3 is 2.40 bits per heavy atom. The van der Waals surface area contributed by atoms with Crippen molar-refractivity contribution in [2.24, 2.45) is 4.99 Å². The second kappa shape index (κ2) is 8.93. The van der Waals surface area contributed by atoms with Gasteiger partial charge in [0, 0.05) is 18.7 Å². The van der Waals surface area contributed by atoms with Gasteiger partial charge in [0.15, 0.2) is 5.11 Å². The zero-order valence-corrected chi connectivity index (χ0v) is 20.3. The summed E-state index contributed by atoms with van der Waals surface area (Å²) in [5, 5.41) is 3.51. The molecule has 1 amide bonds. The third-order valence-corrected chi connectivity index (χ3v) is 7.56. The summed E-state index contributed by atoms with van der Waals surface area (Å²) in [5.41, 5.74) is 0.659. The van der Waals surface area contributed by atoms with Crippen LogP contribution in [-0.4, -0.2) is 35.5 Å². The highest BCUT2D eigenvalue weighted by Crippen LogP contribution is 2.48. The fraction of sp³-hybridized carbons (Fsp3) is 0.423. The molecule has 0 atom stereocenters. The number of alkyl halides is 3. The number of benzene rings is 2. The van der Waals surface area contributed by atoms with E-state index in [4.69, 9.17) is 12.2 Å². The SMILES string of the molecule is Cc1ccc(N2C(=O)C3(CCC3)N(c3ccc(CCCC4=NCCN4)cc3)C2=S)cc1C(F)(F)F. The molecule has 0 radical (unpaired) electrons. The van der Waals surface area contributed by atoms with Crippen LogP contribution < -0.4 is 15.1 Å². The van der Waals surface area contributed by atoms with Crippen molar-refractivity contribution in [2.75, 3.05) is 22.9 Å². The molecule has 5 nitrogen and oxygen atoms in total. The summed E-state index contributed by atoms with van der Waals surface area (Å²) >= 11 is 5.72. The van der Waals surface area contributed by atoms with Gasteiger partial charge in [-0.3, -0.25) is 14.7 Å². The summed E-state index contributed by atoms with van der Waals surface area (Å²) in [6.45, 7) is 3.17. The van der Waals surface area contributed by atoms with Crippen molar-refractivity contribution < 1.29 is 18.0 Å². The van der Waals surface area contributed by atoms with Gasteiger partial charge in [0.1, 0.15) is 5.54 Å². The number of nitrogens with zero attached hydrogens (tertiary/aromatic N) is 3. The molecule has 1 N–H and O–H groups in total. The number of hydrogen-bond acceptors (Lipinski definition) is 4. The highest BCUT2D eigenvalue weighted by Gasteiger charge is 2.59. The predicted octanol–water partition coefficient (Wildman–Crippen LogP) is 5.40. The van der Waals surface area contributed by atoms with E-state index < -0.39 is 17.3 Å². The largest absolute Gasteiger partial charge is 0.416 e. The standard InChI is InChI=1S/C26H27F3N4OS/c1-17-6-9-20(16-21(17)26(27,28)29)32-23(34)25(12-3-13-25)33(24(32)35)19-10-7-18(8-11-19)4-2-5-22-30-14-15-31-22/h6-11,16H,2-5,12-15H2,1H3,(H,30,31). The van der Waals surface area contributed by atoms with Crippen LogP contribution in [0.3, 0.4) is 0 Å². The van der Waals surface area contributed by atoms with Crippen molar-refractivity contribution in [3.63, 3.8) is 0 Å². The number of thiocarbonyl (C=S) groups is 1. The average Bonchev–Trinajstić information content (AvgIpc) is 3.38. The molecule has 2 aromatic rings. The van der Waals surface area contributed by atoms with E-state index in [1.807, 2.05) is 29.2 Å². The summed E-state index contributed by atoms with van der Waals surface area (Å²) in [7, 11) is 0. The first-order valence-electron chi connectivity index (χ1n) is 11.9. The number of nitrogens with one attached hydrogen (secondary N) is 1. The van der Waals surface area contributed by atoms with Crippen LogP contribution >= 0.6 is 12.2 Å². The van der Waals surface area contributed by atoms with Gasteiger partial charge in [0.05, 0.1) is 23.6 Å². The predicted molar refractivity (Wildman–Crippen MR) is 135 cm³/mol. The highest BCUT2D eigenvalue weighted by molar-refractivity contribution is 7.81. The van der Waals surface area contributed by atoms with Gasteiger partial charge < -0.3 is 10.2 Å². The summed E-state index contributed by atoms with van der Waals surface area (Å²) in [5.74, 6) is 0.819. The first-order chi connectivity index (χ1) is 16.7. The second-order valence-electron chi connectivity index (χ2n) is 9.42. The van der Waals surface area contributed by atoms with Crippen LogP contribution in [0, 0.1) is 6.92 Å². The molecule has 2 aliphatic heterocycles. The lowest BCUT2D eigenvalue weighted by molar-refractivity contribution is -0.138. The van der Waals surface area contributed by atoms with Crippen molar-refractivity contribution in [1.29, 1.82) is 0 Å². The molecular weight excluding hydrogens is 473 g/mol. The first kappa shape index (κ1) is 23.8. The van der Waals surface area contributed by atoms with Crippen LogP contribution in [0.5, 0.6) is 0 Å². The molecule has 1 saturated carbocycles. The van der Waals surface area contributed by atoms with Crippen LogP contribution in [-0.2, 0) is 17.4 Å². The average molecular weight is 501 g/mol. The Morgan fingerprint density at radius 2 is 1.80 bits per heavy atom. The lowest BCUT2D eigenvalue weighted by Crippen LogP contribution is -2.55. The molecule has 2 aromatic carbocycles. The third kappa shape index (κ3) is 4.20. The summed E-state index contributed by atoms with van der Waals surface area (Å²) in [4.78, 5) is 21.1. The Labute approximate surface area is 208 Å². The minimum atomic E-state index is -4.51. The molecular formula is C26H27F3N4OS. The number of anilines is 2. The number of hydrogen-bond donors (Lipinski definition) is 1. The second-order valence-corrected chi connectivity index (χ2v) is 9.78. The minimum Gasteiger partial charge on any atom is -0.372 e. The van der Waals surface area contributed by atoms with E-state index in [2.05, 4.69) is 10.3 Å². The van der Waals surface area contributed by atoms with Crippen LogP contribution in [0.25, 0.3) is 0 Å². The van der Waals surface area contributed by atoms with Crippen molar-refractivity contribution in [3.05, 3.63) is 59.2 Å². The molecule has 0 unspecified atom stereocenters. The molecule has 0 aromatic heterocycles. The Morgan fingerprint density at radius 1 is 1.09 bits per heavy atom. The van der Waals surface area contributed by atoms with Crippen molar-refractivity contribution in [1.82, 2.24) is 5.32 Å². The van der Waals surface area contributed by atoms with Gasteiger partial charge in [-0.2, -0.15) is 13.2 Å². The molecule has 1 aliphatic carbocycles. The van der Waals surface area contributed by atoms with Gasteiger partial charge in [0.2, 0.25) is 0 Å². The van der Waals surface area contributed by atoms with Gasteiger partial charge in [-0.05, 0) is 86.6 Å². The van der Waals surface area contributed by atoms with Crippen molar-refractivity contribution >= 4 is 40.4 Å². The molecule has 2 heterocycles. The molecule has 1 spiro atoms. The summed E-state index contributed by atoms with van der Waals surface area (Å²) < 4.78 is 40.6. The van der Waals surface area contributed by atoms with E-state index in [0.29, 0.717) is 12.8 Å². The molecule has 0 bridgehead atoms. The van der Waals surface area contributed by atoms with E-state index in [-0.39, 0.29) is 22.3 Å². The number of rotatable bonds is 6. The zero-order valence-electron chi connectivity index (χ0n) is 19.5. The van der Waals surface area contributed by atoms with Gasteiger partial charge in [-0.15, -0.1) is 0 Å². The lowest BCUT2D eigenvalue weighted by atomic mass is 9.75. The Hall–Kier alpha value is -2.94. The van der Waals surface area contributed by atoms with Crippen LogP contribution in [0.15, 0.2) is 47.5 Å². The maximum absolute atomic E-state index is 13.6. The molecule has 35 heavy (non-hydrogen) atoms. The Bertz CT molecular complexity index is 1190. The van der Waals surface area contributed by atoms with E-state index in [0.717, 1.165) is 56.4 Å². The van der Waals surface area contributed by atoms with Crippen LogP contribution in [0.1, 0.15) is 48.8 Å². The number of aryl methyl sites for hydroxylation is 2. The fourth-order valence-corrected chi connectivity index (χ4v) is 5.62. The lowest BCUT2D eigenvalue weighted by Gasteiger charge is -2.43. The minimum absolute atomic E-state index is 0.111. The number of carbonyl (C=O) groups is 1. The molecule has 184 valence electrons. The van der Waals surface area contributed by atoms with E-state index >= 15 is 0 Å². The Kier molecular flexibility index (Phi) is 6.07. The molecule has 5 rings (SSSR count). The number of amidine groups is 1. The van der Waals surface area contributed by atoms with Gasteiger partial charge in [-0.25, -0.2) is 0 Å². The topological polar surface area (TPSA) is 47.9 Å². The van der Waals surface area contributed by atoms with Crippen molar-refractivity contribution in [2.45, 2.75) is 57.2 Å². The van der Waals surface area contributed by atoms with Crippen molar-refractivity contribution in [3.8, 4) is 0 Å². The quantitative estimate of drug-likeness (QED) is 0.540. The number of halogens is 3. The van der Waals surface area contributed by atoms with E-state index in [1.165, 1.54) is 29.5 Å². The maximum atomic E-state index is 13.6. The molecule has 2 fully saturated rings. The molecule has 1 saturated heterocycles. The maximum Gasteiger partial charge on any atom is 0.416 e. The first-order valence-corrected chi connectivity index (χ1v) is 12.3. The number of amides is 1. The molecule has 3 aliphatic rings. The fourth-order valence-electron chi connectivity index (χ4n) is 5.15. The highest BCUT2D eigenvalue weighted by atomic mass is 32.1. The summed E-state index contributed by atoms with van der Waals surface area (Å²) in [6.07, 6.45) is 0.421. The number of aliphatic imine (C=N–C) groups is 1. The van der Waals surface area contributed by atoms with E-state index in [1.54, 1.807) is 0 Å². The summed E-state index contributed by atoms with van der Waals surface area (Å²) in [6, 6.07) is 12.0. The Balaban J connectivity index is 1.39. The number of carbonyl (C=O) groups excluding carboxylic acids is 1. The van der Waals surface area contributed by atoms with Crippen LogP contribution in [0.2, 0.25) is 0 Å². The monoisotopic (exact) mass is 500 g/mol. The molecule has 9 heteroatoms. The van der Waals surface area contributed by atoms with Crippen LogP contribution in [0.4, 0.5) is 24.5 Å². The van der Waals surface area contributed by atoms with Gasteiger partial charge >= 0.3 is 6.18 Å². The van der Waals surface area contributed by atoms with E-state index in [9.17, 15) is 18.0 Å².